The second-order valence-corrected chi connectivity index (χ2v) is 6.83. The Labute approximate surface area is 162 Å². The normalized spacial score (nSPS) is 12.4. The summed E-state index contributed by atoms with van der Waals surface area (Å²) < 4.78 is 16.6. The Hall–Kier alpha value is -2.08. The monoisotopic (exact) mass is 373 g/mol. The van der Waals surface area contributed by atoms with Crippen LogP contribution in [0.2, 0.25) is 0 Å². The Kier molecular flexibility index (Phi) is 8.58. The number of hydrogen-bond acceptors (Lipinski definition) is 5. The van der Waals surface area contributed by atoms with Gasteiger partial charge in [-0.2, -0.15) is 0 Å². The fourth-order valence-electron chi connectivity index (χ4n) is 2.97. The predicted molar refractivity (Wildman–Crippen MR) is 107 cm³/mol. The zero-order valence-corrected chi connectivity index (χ0v) is 16.7. The number of para-hydroxylation sites is 1. The molecule has 0 aromatic heterocycles. The molecular weight excluding hydrogens is 342 g/mol. The van der Waals surface area contributed by atoms with Gasteiger partial charge in [0, 0.05) is 24.7 Å². The number of aliphatic hydroxyl groups is 1. The molecule has 5 heteroatoms. The van der Waals surface area contributed by atoms with Crippen molar-refractivity contribution in [3.63, 3.8) is 0 Å². The SMILES string of the molecule is COc1cccc(CN(CC(O)COCc2ccccc2)C(C)C)c1OC. The van der Waals surface area contributed by atoms with E-state index in [1.54, 1.807) is 14.2 Å². The molecule has 1 unspecified atom stereocenters. The van der Waals surface area contributed by atoms with Gasteiger partial charge in [-0.25, -0.2) is 0 Å². The van der Waals surface area contributed by atoms with Gasteiger partial charge >= 0.3 is 0 Å². The number of benzene rings is 2. The molecule has 5 nitrogen and oxygen atoms in total. The van der Waals surface area contributed by atoms with Crippen molar-refractivity contribution >= 4 is 0 Å². The van der Waals surface area contributed by atoms with E-state index in [1.807, 2.05) is 48.5 Å². The van der Waals surface area contributed by atoms with Crippen LogP contribution in [0.3, 0.4) is 0 Å². The van der Waals surface area contributed by atoms with E-state index >= 15 is 0 Å². The van der Waals surface area contributed by atoms with Gasteiger partial charge in [0.2, 0.25) is 0 Å². The minimum absolute atomic E-state index is 0.268. The van der Waals surface area contributed by atoms with E-state index in [0.29, 0.717) is 32.1 Å². The number of rotatable bonds is 11. The highest BCUT2D eigenvalue weighted by Gasteiger charge is 2.18. The van der Waals surface area contributed by atoms with Crippen LogP contribution >= 0.6 is 0 Å². The summed E-state index contributed by atoms with van der Waals surface area (Å²) in [6.45, 7) is 6.21. The van der Waals surface area contributed by atoms with Crippen LogP contribution in [0.15, 0.2) is 48.5 Å². The van der Waals surface area contributed by atoms with Gasteiger partial charge in [0.15, 0.2) is 11.5 Å². The van der Waals surface area contributed by atoms with Crippen LogP contribution in [0, 0.1) is 0 Å². The molecule has 0 fully saturated rings. The number of hydrogen-bond donors (Lipinski definition) is 1. The van der Waals surface area contributed by atoms with Crippen molar-refractivity contribution in [1.82, 2.24) is 4.90 Å². The second kappa shape index (κ2) is 10.9. The molecule has 2 aromatic carbocycles. The molecule has 27 heavy (non-hydrogen) atoms. The number of nitrogens with zero attached hydrogens (tertiary/aromatic N) is 1. The maximum absolute atomic E-state index is 10.4. The zero-order valence-electron chi connectivity index (χ0n) is 16.7. The van der Waals surface area contributed by atoms with Crippen molar-refractivity contribution in [2.24, 2.45) is 0 Å². The first-order valence-electron chi connectivity index (χ1n) is 9.28. The quantitative estimate of drug-likeness (QED) is 0.653. The first-order chi connectivity index (χ1) is 13.0. The van der Waals surface area contributed by atoms with E-state index in [1.165, 1.54) is 0 Å². The van der Waals surface area contributed by atoms with Crippen molar-refractivity contribution in [2.45, 2.75) is 39.1 Å². The lowest BCUT2D eigenvalue weighted by atomic mass is 10.1. The summed E-state index contributed by atoms with van der Waals surface area (Å²) in [5.41, 5.74) is 2.13. The van der Waals surface area contributed by atoms with Crippen LogP contribution in [-0.4, -0.2) is 49.5 Å². The third kappa shape index (κ3) is 6.54. The maximum atomic E-state index is 10.4. The Morgan fingerprint density at radius 2 is 1.70 bits per heavy atom. The van der Waals surface area contributed by atoms with Gasteiger partial charge in [0.25, 0.3) is 0 Å². The topological polar surface area (TPSA) is 51.2 Å². The van der Waals surface area contributed by atoms with Gasteiger partial charge in [-0.15, -0.1) is 0 Å². The van der Waals surface area contributed by atoms with Crippen LogP contribution in [-0.2, 0) is 17.9 Å². The van der Waals surface area contributed by atoms with E-state index in [-0.39, 0.29) is 6.04 Å². The summed E-state index contributed by atoms with van der Waals surface area (Å²) in [5.74, 6) is 1.45. The molecule has 0 saturated heterocycles. The molecule has 0 aliphatic carbocycles. The molecule has 0 heterocycles. The summed E-state index contributed by atoms with van der Waals surface area (Å²) in [6.07, 6.45) is -0.562. The molecule has 0 spiro atoms. The minimum Gasteiger partial charge on any atom is -0.493 e. The summed E-state index contributed by atoms with van der Waals surface area (Å²) in [5, 5.41) is 10.4. The predicted octanol–water partition coefficient (Wildman–Crippen LogP) is 3.49. The van der Waals surface area contributed by atoms with Crippen molar-refractivity contribution < 1.29 is 19.3 Å². The molecule has 0 radical (unpaired) electrons. The number of methoxy groups -OCH3 is 2. The first kappa shape index (κ1) is 21.2. The molecule has 0 saturated carbocycles. The summed E-state index contributed by atoms with van der Waals surface area (Å²) in [4.78, 5) is 2.20. The molecule has 2 aromatic rings. The van der Waals surface area contributed by atoms with Crippen LogP contribution < -0.4 is 9.47 Å². The molecule has 0 amide bonds. The Morgan fingerprint density at radius 3 is 2.33 bits per heavy atom. The van der Waals surface area contributed by atoms with Crippen LogP contribution in [0.25, 0.3) is 0 Å². The largest absolute Gasteiger partial charge is 0.493 e. The third-order valence-electron chi connectivity index (χ3n) is 4.46. The van der Waals surface area contributed by atoms with Gasteiger partial charge < -0.3 is 19.3 Å². The lowest BCUT2D eigenvalue weighted by molar-refractivity contribution is 0.00301. The van der Waals surface area contributed by atoms with E-state index in [4.69, 9.17) is 14.2 Å². The van der Waals surface area contributed by atoms with Crippen molar-refractivity contribution in [2.75, 3.05) is 27.4 Å². The van der Waals surface area contributed by atoms with E-state index in [2.05, 4.69) is 18.7 Å². The molecule has 2 rings (SSSR count). The maximum Gasteiger partial charge on any atom is 0.165 e. The minimum atomic E-state index is -0.562. The molecule has 0 aliphatic rings. The van der Waals surface area contributed by atoms with Gasteiger partial charge in [0.05, 0.1) is 33.5 Å². The molecule has 1 N–H and O–H groups in total. The third-order valence-corrected chi connectivity index (χ3v) is 4.46. The first-order valence-corrected chi connectivity index (χ1v) is 9.28. The number of aliphatic hydroxyl groups excluding tert-OH is 1. The van der Waals surface area contributed by atoms with Crippen LogP contribution in [0.1, 0.15) is 25.0 Å². The van der Waals surface area contributed by atoms with E-state index in [9.17, 15) is 5.11 Å². The van der Waals surface area contributed by atoms with Gasteiger partial charge in [0.1, 0.15) is 0 Å². The van der Waals surface area contributed by atoms with Gasteiger partial charge in [-0.05, 0) is 25.5 Å². The highest BCUT2D eigenvalue weighted by Crippen LogP contribution is 2.31. The fraction of sp³-hybridized carbons (Fsp3) is 0.455. The fourth-order valence-corrected chi connectivity index (χ4v) is 2.97. The van der Waals surface area contributed by atoms with Crippen molar-refractivity contribution in [1.29, 1.82) is 0 Å². The summed E-state index contributed by atoms with van der Waals surface area (Å²) >= 11 is 0. The van der Waals surface area contributed by atoms with E-state index in [0.717, 1.165) is 16.9 Å². The molecule has 1 atom stereocenters. The Balaban J connectivity index is 1.93. The molecule has 148 valence electrons. The summed E-state index contributed by atoms with van der Waals surface area (Å²) in [7, 11) is 3.28. The van der Waals surface area contributed by atoms with E-state index < -0.39 is 6.10 Å². The Bertz CT molecular complexity index is 675. The number of ether oxygens (including phenoxy) is 3. The van der Waals surface area contributed by atoms with Crippen LogP contribution in [0.5, 0.6) is 11.5 Å². The molecular formula is C22H31NO4. The smallest absolute Gasteiger partial charge is 0.165 e. The zero-order chi connectivity index (χ0) is 19.6. The van der Waals surface area contributed by atoms with Gasteiger partial charge in [-0.3, -0.25) is 4.90 Å². The highest BCUT2D eigenvalue weighted by molar-refractivity contribution is 5.46. The average molecular weight is 373 g/mol. The Morgan fingerprint density at radius 1 is 0.963 bits per heavy atom. The standard InChI is InChI=1S/C22H31NO4/c1-17(2)23(13-19-11-8-12-21(25-3)22(19)26-4)14-20(24)16-27-15-18-9-6-5-7-10-18/h5-12,17,20,24H,13-16H2,1-4H3. The summed E-state index contributed by atoms with van der Waals surface area (Å²) in [6, 6.07) is 16.1. The van der Waals surface area contributed by atoms with Crippen molar-refractivity contribution in [3.8, 4) is 11.5 Å². The van der Waals surface area contributed by atoms with Gasteiger partial charge in [-0.1, -0.05) is 42.5 Å². The van der Waals surface area contributed by atoms with Crippen LogP contribution in [0.4, 0.5) is 0 Å². The highest BCUT2D eigenvalue weighted by atomic mass is 16.5. The second-order valence-electron chi connectivity index (χ2n) is 6.83. The lowest BCUT2D eigenvalue weighted by Crippen LogP contribution is -2.38. The lowest BCUT2D eigenvalue weighted by Gasteiger charge is -2.29. The molecule has 0 bridgehead atoms. The molecule has 0 aliphatic heterocycles. The average Bonchev–Trinajstić information content (AvgIpc) is 2.67. The van der Waals surface area contributed by atoms with Crippen molar-refractivity contribution in [3.05, 3.63) is 59.7 Å².